The summed E-state index contributed by atoms with van der Waals surface area (Å²) in [6.07, 6.45) is 0. The molecule has 8 heteroatoms. The number of hydrogen-bond donors (Lipinski definition) is 2. The van der Waals surface area contributed by atoms with Crippen LogP contribution in [0.1, 0.15) is 20.8 Å². The predicted octanol–water partition coefficient (Wildman–Crippen LogP) is 2.87. The van der Waals surface area contributed by atoms with Crippen LogP contribution in [0.5, 0.6) is 0 Å². The van der Waals surface area contributed by atoms with E-state index >= 15 is 0 Å². The van der Waals surface area contributed by atoms with Crippen LogP contribution in [0.2, 0.25) is 0 Å². The summed E-state index contributed by atoms with van der Waals surface area (Å²) in [6, 6.07) is 14.1. The summed E-state index contributed by atoms with van der Waals surface area (Å²) in [5, 5.41) is 4.95. The second kappa shape index (κ2) is 7.84. The highest BCUT2D eigenvalue weighted by Gasteiger charge is 2.12. The molecule has 2 heterocycles. The van der Waals surface area contributed by atoms with E-state index in [1.807, 2.05) is 17.5 Å². The lowest BCUT2D eigenvalue weighted by Gasteiger charge is -2.08. The van der Waals surface area contributed by atoms with E-state index in [-0.39, 0.29) is 24.8 Å². The third-order valence-corrected chi connectivity index (χ3v) is 5.37. The minimum Gasteiger partial charge on any atom is -0.348 e. The summed E-state index contributed by atoms with van der Waals surface area (Å²) in [6.45, 7) is 0.428. The topological polar surface area (TPSA) is 84.0 Å². The number of benzene rings is 2. The Morgan fingerprint density at radius 1 is 1.10 bits per heavy atom. The van der Waals surface area contributed by atoms with Gasteiger partial charge in [-0.05, 0) is 47.3 Å². The molecule has 0 spiro atoms. The van der Waals surface area contributed by atoms with Crippen molar-refractivity contribution in [2.24, 2.45) is 0 Å². The maximum atomic E-state index is 13.0. The second-order valence-electron chi connectivity index (χ2n) is 6.47. The predicted molar refractivity (Wildman–Crippen MR) is 110 cm³/mol. The second-order valence-corrected chi connectivity index (χ2v) is 7.50. The van der Waals surface area contributed by atoms with E-state index in [0.29, 0.717) is 16.5 Å². The molecular weight excluding hydrogens is 393 g/mol. The average Bonchev–Trinajstić information content (AvgIpc) is 3.23. The Bertz CT molecular complexity index is 1290. The molecule has 4 aromatic rings. The number of carbonyl (C=O) groups is 1. The van der Waals surface area contributed by atoms with Crippen LogP contribution >= 0.6 is 11.3 Å². The lowest BCUT2D eigenvalue weighted by molar-refractivity contribution is 0.0951. The molecule has 146 valence electrons. The van der Waals surface area contributed by atoms with E-state index in [1.54, 1.807) is 12.1 Å². The Balaban J connectivity index is 1.59. The zero-order valence-corrected chi connectivity index (χ0v) is 16.0. The number of nitrogens with one attached hydrogen (secondary N) is 2. The molecule has 0 saturated heterocycles. The van der Waals surface area contributed by atoms with Crippen LogP contribution in [0.25, 0.3) is 10.9 Å². The maximum Gasteiger partial charge on any atom is 0.329 e. The number of H-pyrrole nitrogens is 1. The first-order valence-corrected chi connectivity index (χ1v) is 9.71. The van der Waals surface area contributed by atoms with Gasteiger partial charge in [-0.25, -0.2) is 9.18 Å². The van der Waals surface area contributed by atoms with Crippen molar-refractivity contribution in [2.75, 3.05) is 0 Å². The molecule has 2 aromatic carbocycles. The van der Waals surface area contributed by atoms with Gasteiger partial charge in [-0.1, -0.05) is 18.2 Å². The van der Waals surface area contributed by atoms with Crippen molar-refractivity contribution in [3.8, 4) is 0 Å². The van der Waals surface area contributed by atoms with E-state index in [1.165, 1.54) is 41.7 Å². The van der Waals surface area contributed by atoms with Crippen molar-refractivity contribution in [3.63, 3.8) is 0 Å². The fourth-order valence-corrected chi connectivity index (χ4v) is 3.68. The molecule has 1 amide bonds. The Morgan fingerprint density at radius 3 is 2.62 bits per heavy atom. The number of nitrogens with zero attached hydrogens (tertiary/aromatic N) is 1. The summed E-state index contributed by atoms with van der Waals surface area (Å²) in [4.78, 5) is 41.1. The molecule has 0 aliphatic rings. The smallest absolute Gasteiger partial charge is 0.329 e. The molecule has 2 N–H and O–H groups in total. The summed E-state index contributed by atoms with van der Waals surface area (Å²) in [5.41, 5.74) is 0.433. The number of thiophene rings is 1. The molecule has 0 aliphatic heterocycles. The van der Waals surface area contributed by atoms with Crippen molar-refractivity contribution >= 4 is 28.1 Å². The van der Waals surface area contributed by atoms with Gasteiger partial charge >= 0.3 is 5.69 Å². The lowest BCUT2D eigenvalue weighted by atomic mass is 10.1. The monoisotopic (exact) mass is 409 g/mol. The molecule has 0 bridgehead atoms. The van der Waals surface area contributed by atoms with Gasteiger partial charge in [-0.15, -0.1) is 11.3 Å². The minimum atomic E-state index is -0.528. The van der Waals surface area contributed by atoms with Gasteiger partial charge in [-0.2, -0.15) is 0 Å². The van der Waals surface area contributed by atoms with Gasteiger partial charge in [0, 0.05) is 17.0 Å². The fraction of sp³-hybridized carbons (Fsp3) is 0.0952. The van der Waals surface area contributed by atoms with Gasteiger partial charge in [0.25, 0.3) is 11.5 Å². The molecule has 0 fully saturated rings. The molecule has 0 atom stereocenters. The van der Waals surface area contributed by atoms with Crippen LogP contribution in [0.3, 0.4) is 0 Å². The number of aromatic amines is 1. The summed E-state index contributed by atoms with van der Waals surface area (Å²) >= 11 is 1.47. The molecule has 0 radical (unpaired) electrons. The largest absolute Gasteiger partial charge is 0.348 e. The maximum absolute atomic E-state index is 13.0. The van der Waals surface area contributed by atoms with Crippen molar-refractivity contribution in [1.29, 1.82) is 0 Å². The number of hydrogen-bond acceptors (Lipinski definition) is 4. The number of fused-ring (bicyclic) bond motifs is 1. The highest BCUT2D eigenvalue weighted by molar-refractivity contribution is 7.09. The molecular formula is C21H16FN3O3S. The van der Waals surface area contributed by atoms with E-state index < -0.39 is 11.2 Å². The van der Waals surface area contributed by atoms with Crippen LogP contribution in [-0.4, -0.2) is 15.5 Å². The van der Waals surface area contributed by atoms with Gasteiger partial charge in [0.15, 0.2) is 0 Å². The molecule has 0 aliphatic carbocycles. The number of halogens is 1. The first-order chi connectivity index (χ1) is 14.0. The molecule has 0 saturated carbocycles. The van der Waals surface area contributed by atoms with Crippen molar-refractivity contribution in [1.82, 2.24) is 14.9 Å². The van der Waals surface area contributed by atoms with E-state index in [2.05, 4.69) is 10.3 Å². The van der Waals surface area contributed by atoms with Crippen molar-refractivity contribution in [2.45, 2.75) is 13.1 Å². The summed E-state index contributed by atoms with van der Waals surface area (Å²) in [7, 11) is 0. The van der Waals surface area contributed by atoms with Gasteiger partial charge in [0.1, 0.15) is 5.82 Å². The molecule has 29 heavy (non-hydrogen) atoms. The Morgan fingerprint density at radius 2 is 1.90 bits per heavy atom. The third-order valence-electron chi connectivity index (χ3n) is 4.50. The van der Waals surface area contributed by atoms with Crippen LogP contribution in [0.15, 0.2) is 69.6 Å². The highest BCUT2D eigenvalue weighted by atomic mass is 32.1. The lowest BCUT2D eigenvalue weighted by Crippen LogP contribution is -2.35. The standard InChI is InChI=1S/C21H16FN3O3S/c22-15-6-3-13(4-7-15)11-23-19(26)14-5-8-17-18(10-14)24-21(28)25(20(17)27)12-16-2-1-9-29-16/h1-10H,11-12H2,(H,23,26)(H,24,28). The van der Waals surface area contributed by atoms with Gasteiger partial charge in [0.2, 0.25) is 0 Å². The van der Waals surface area contributed by atoms with Crippen LogP contribution in [-0.2, 0) is 13.1 Å². The molecule has 2 aromatic heterocycles. The summed E-state index contributed by atoms with van der Waals surface area (Å²) < 4.78 is 14.1. The first kappa shape index (κ1) is 18.8. The third kappa shape index (κ3) is 4.02. The van der Waals surface area contributed by atoms with Crippen LogP contribution < -0.4 is 16.6 Å². The Labute approximate surface area is 168 Å². The summed E-state index contributed by atoms with van der Waals surface area (Å²) in [5.74, 6) is -0.705. The zero-order valence-electron chi connectivity index (χ0n) is 15.1. The molecule has 0 unspecified atom stereocenters. The van der Waals surface area contributed by atoms with Gasteiger partial charge in [0.05, 0.1) is 17.4 Å². The quantitative estimate of drug-likeness (QED) is 0.532. The number of rotatable bonds is 5. The number of carbonyl (C=O) groups excluding carboxylic acids is 1. The fourth-order valence-electron chi connectivity index (χ4n) is 2.98. The highest BCUT2D eigenvalue weighted by Crippen LogP contribution is 2.12. The van der Waals surface area contributed by atoms with E-state index in [0.717, 1.165) is 15.0 Å². The Kier molecular flexibility index (Phi) is 5.09. The molecule has 6 nitrogen and oxygen atoms in total. The van der Waals surface area contributed by atoms with Crippen LogP contribution in [0, 0.1) is 5.82 Å². The zero-order chi connectivity index (χ0) is 20.4. The van der Waals surface area contributed by atoms with Crippen LogP contribution in [0.4, 0.5) is 4.39 Å². The van der Waals surface area contributed by atoms with Crippen molar-refractivity contribution < 1.29 is 9.18 Å². The van der Waals surface area contributed by atoms with E-state index in [9.17, 15) is 18.8 Å². The minimum absolute atomic E-state index is 0.196. The van der Waals surface area contributed by atoms with Crippen molar-refractivity contribution in [3.05, 3.63) is 103 Å². The molecule has 4 rings (SSSR count). The van der Waals surface area contributed by atoms with E-state index in [4.69, 9.17) is 0 Å². The first-order valence-electron chi connectivity index (χ1n) is 8.83. The van der Waals surface area contributed by atoms with Gasteiger partial charge in [-0.3, -0.25) is 14.2 Å². The Hall–Kier alpha value is -3.52. The number of aromatic nitrogens is 2. The normalized spacial score (nSPS) is 10.9. The SMILES string of the molecule is O=C(NCc1ccc(F)cc1)c1ccc2c(=O)n(Cc3cccs3)c(=O)[nH]c2c1. The van der Waals surface area contributed by atoms with Gasteiger partial charge < -0.3 is 10.3 Å². The number of amides is 1. The average molecular weight is 409 g/mol.